The van der Waals surface area contributed by atoms with Crippen molar-refractivity contribution in [3.8, 4) is 5.75 Å². The molecule has 0 radical (unpaired) electrons. The lowest BCUT2D eigenvalue weighted by Gasteiger charge is -2.27. The fourth-order valence-electron chi connectivity index (χ4n) is 4.50. The molecular weight excluding hydrogens is 542 g/mol. The van der Waals surface area contributed by atoms with E-state index >= 15 is 0 Å². The summed E-state index contributed by atoms with van der Waals surface area (Å²) in [6, 6.07) is 14.0. The molecule has 218 valence electrons. The van der Waals surface area contributed by atoms with Crippen LogP contribution in [0.2, 0.25) is 0 Å². The van der Waals surface area contributed by atoms with Crippen molar-refractivity contribution >= 4 is 35.7 Å². The zero-order valence-electron chi connectivity index (χ0n) is 23.6. The number of aromatic hydroxyl groups is 1. The van der Waals surface area contributed by atoms with Gasteiger partial charge in [-0.05, 0) is 67.3 Å². The molecule has 0 unspecified atom stereocenters. The molecule has 0 bridgehead atoms. The van der Waals surface area contributed by atoms with E-state index in [9.17, 15) is 19.5 Å². The molecule has 1 fully saturated rings. The lowest BCUT2D eigenvalue weighted by Crippen LogP contribution is -2.54. The molecule has 41 heavy (non-hydrogen) atoms. The largest absolute Gasteiger partial charge is 0.507 e. The predicted octanol–water partition coefficient (Wildman–Crippen LogP) is 4.18. The number of hydrogen-bond acceptors (Lipinski definition) is 7. The number of aromatic nitrogens is 1. The standard InChI is InChI=1S/C31H37N5O4.ClH/c1-31(2,3)19-34-23-10-11-27(37)24(17-23)28(38)20-6-8-21(9-7-20)29(39)35-25-5-4-14-33-18-26(25)36-30(40)22-12-15-32-16-13-22;/h6-13,15-17,25-26,33-34,37H,4-5,14,18-19H2,1-3H3,(H,35,39)(H,36,40);1H/t25-,26-;/m1./s1. The number of phenolic OH excluding ortho intramolecular Hbond substituents is 1. The molecule has 0 spiro atoms. The van der Waals surface area contributed by atoms with E-state index in [0.29, 0.717) is 36.2 Å². The number of carbonyl (C=O) groups excluding carboxylic acids is 3. The van der Waals surface area contributed by atoms with Crippen molar-refractivity contribution < 1.29 is 19.5 Å². The molecule has 1 aromatic heterocycles. The molecule has 2 heterocycles. The Kier molecular flexibility index (Phi) is 10.9. The lowest BCUT2D eigenvalue weighted by molar-refractivity contribution is 0.0882. The molecule has 1 saturated heterocycles. The van der Waals surface area contributed by atoms with Crippen molar-refractivity contribution in [3.05, 3.63) is 89.2 Å². The number of rotatable bonds is 8. The second kappa shape index (κ2) is 14.1. The average molecular weight is 580 g/mol. The zero-order chi connectivity index (χ0) is 28.7. The summed E-state index contributed by atoms with van der Waals surface area (Å²) in [7, 11) is 0. The van der Waals surface area contributed by atoms with Crippen molar-refractivity contribution in [1.82, 2.24) is 20.9 Å². The molecule has 2 atom stereocenters. The normalized spacial score (nSPS) is 17.0. The zero-order valence-corrected chi connectivity index (χ0v) is 24.4. The van der Waals surface area contributed by atoms with Gasteiger partial charge in [0.25, 0.3) is 11.8 Å². The highest BCUT2D eigenvalue weighted by Gasteiger charge is 2.27. The summed E-state index contributed by atoms with van der Waals surface area (Å²) in [4.78, 5) is 43.0. The molecule has 1 aliphatic heterocycles. The number of nitrogens with one attached hydrogen (secondary N) is 4. The van der Waals surface area contributed by atoms with Crippen molar-refractivity contribution in [3.63, 3.8) is 0 Å². The van der Waals surface area contributed by atoms with Gasteiger partial charge in [0.2, 0.25) is 0 Å². The molecule has 2 amide bonds. The third-order valence-corrected chi connectivity index (χ3v) is 6.77. The highest BCUT2D eigenvalue weighted by molar-refractivity contribution is 6.11. The number of halogens is 1. The van der Waals surface area contributed by atoms with Gasteiger partial charge < -0.3 is 26.4 Å². The van der Waals surface area contributed by atoms with Crippen LogP contribution in [0.5, 0.6) is 5.75 Å². The first-order chi connectivity index (χ1) is 19.1. The lowest BCUT2D eigenvalue weighted by atomic mass is 9.96. The first-order valence-corrected chi connectivity index (χ1v) is 13.5. The number of carbonyl (C=O) groups is 3. The highest BCUT2D eigenvalue weighted by atomic mass is 35.5. The molecule has 3 aromatic rings. The topological polar surface area (TPSA) is 132 Å². The summed E-state index contributed by atoms with van der Waals surface area (Å²) < 4.78 is 0. The number of benzene rings is 2. The van der Waals surface area contributed by atoms with Crippen LogP contribution in [-0.2, 0) is 0 Å². The molecule has 5 N–H and O–H groups in total. The number of anilines is 1. The second-order valence-electron chi connectivity index (χ2n) is 11.3. The van der Waals surface area contributed by atoms with Gasteiger partial charge in [-0.15, -0.1) is 12.4 Å². The molecule has 10 heteroatoms. The van der Waals surface area contributed by atoms with E-state index in [1.54, 1.807) is 60.9 Å². The maximum absolute atomic E-state index is 13.2. The van der Waals surface area contributed by atoms with Crippen molar-refractivity contribution in [1.29, 1.82) is 0 Å². The van der Waals surface area contributed by atoms with Gasteiger partial charge in [-0.1, -0.05) is 32.9 Å². The summed E-state index contributed by atoms with van der Waals surface area (Å²) in [6.07, 6.45) is 4.69. The first kappa shape index (κ1) is 31.6. The minimum Gasteiger partial charge on any atom is -0.507 e. The first-order valence-electron chi connectivity index (χ1n) is 13.5. The van der Waals surface area contributed by atoms with E-state index in [2.05, 4.69) is 47.0 Å². The maximum Gasteiger partial charge on any atom is 0.251 e. The molecule has 0 aliphatic carbocycles. The van der Waals surface area contributed by atoms with E-state index in [1.807, 2.05) is 0 Å². The Morgan fingerprint density at radius 2 is 1.51 bits per heavy atom. The Morgan fingerprint density at radius 1 is 0.902 bits per heavy atom. The minimum absolute atomic E-state index is 0. The molecule has 4 rings (SSSR count). The second-order valence-corrected chi connectivity index (χ2v) is 11.3. The summed E-state index contributed by atoms with van der Waals surface area (Å²) in [5.41, 5.74) is 2.26. The summed E-state index contributed by atoms with van der Waals surface area (Å²) in [5, 5.41) is 23.1. The van der Waals surface area contributed by atoms with Crippen molar-refractivity contribution in [2.45, 2.75) is 45.7 Å². The van der Waals surface area contributed by atoms with Gasteiger partial charge in [0.05, 0.1) is 17.6 Å². The summed E-state index contributed by atoms with van der Waals surface area (Å²) in [6.45, 7) is 8.36. The van der Waals surface area contributed by atoms with Crippen LogP contribution in [-0.4, -0.2) is 59.4 Å². The number of phenols is 1. The molecular formula is C31H38ClN5O4. The van der Waals surface area contributed by atoms with Crippen LogP contribution < -0.4 is 21.3 Å². The Hall–Kier alpha value is -3.95. The highest BCUT2D eigenvalue weighted by Crippen LogP contribution is 2.26. The Bertz CT molecular complexity index is 1340. The Balaban J connectivity index is 0.00000462. The fourth-order valence-corrected chi connectivity index (χ4v) is 4.50. The molecule has 1 aliphatic rings. The van der Waals surface area contributed by atoms with E-state index in [4.69, 9.17) is 0 Å². The van der Waals surface area contributed by atoms with Crippen LogP contribution >= 0.6 is 12.4 Å². The van der Waals surface area contributed by atoms with Gasteiger partial charge in [-0.3, -0.25) is 19.4 Å². The number of hydrogen-bond donors (Lipinski definition) is 5. The third kappa shape index (κ3) is 8.77. The third-order valence-electron chi connectivity index (χ3n) is 6.77. The van der Waals surface area contributed by atoms with Crippen LogP contribution in [0, 0.1) is 5.41 Å². The fraction of sp³-hybridized carbons (Fsp3) is 0.355. The van der Waals surface area contributed by atoms with E-state index in [-0.39, 0.29) is 58.8 Å². The van der Waals surface area contributed by atoms with Crippen LogP contribution in [0.15, 0.2) is 67.0 Å². The van der Waals surface area contributed by atoms with E-state index < -0.39 is 0 Å². The summed E-state index contributed by atoms with van der Waals surface area (Å²) >= 11 is 0. The number of amides is 2. The van der Waals surface area contributed by atoms with Gasteiger partial charge in [0, 0.05) is 47.9 Å². The quantitative estimate of drug-likeness (QED) is 0.200. The van der Waals surface area contributed by atoms with Crippen molar-refractivity contribution in [2.75, 3.05) is 25.0 Å². The minimum atomic E-state index is -0.336. The predicted molar refractivity (Wildman–Crippen MR) is 162 cm³/mol. The van der Waals surface area contributed by atoms with Gasteiger partial charge in [-0.2, -0.15) is 0 Å². The van der Waals surface area contributed by atoms with E-state index in [0.717, 1.165) is 18.7 Å². The van der Waals surface area contributed by atoms with Crippen LogP contribution in [0.1, 0.15) is 70.3 Å². The SMILES string of the molecule is CC(C)(C)CNc1ccc(O)c(C(=O)c2ccc(C(=O)N[C@@H]3CCCNC[C@H]3NC(=O)c3ccncc3)cc2)c1.Cl. The van der Waals surface area contributed by atoms with Gasteiger partial charge >= 0.3 is 0 Å². The molecule has 2 aromatic carbocycles. The summed E-state index contributed by atoms with van der Waals surface area (Å²) in [5.74, 6) is -0.947. The van der Waals surface area contributed by atoms with E-state index in [1.165, 1.54) is 6.07 Å². The van der Waals surface area contributed by atoms with Gasteiger partial charge in [0.15, 0.2) is 5.78 Å². The average Bonchev–Trinajstić information content (AvgIpc) is 3.17. The number of ketones is 1. The number of pyridine rings is 1. The monoisotopic (exact) mass is 579 g/mol. The number of nitrogens with zero attached hydrogens (tertiary/aromatic N) is 1. The molecule has 9 nitrogen and oxygen atoms in total. The van der Waals surface area contributed by atoms with Gasteiger partial charge in [0.1, 0.15) is 5.75 Å². The van der Waals surface area contributed by atoms with Crippen LogP contribution in [0.3, 0.4) is 0 Å². The maximum atomic E-state index is 13.2. The van der Waals surface area contributed by atoms with Gasteiger partial charge in [-0.25, -0.2) is 0 Å². The van der Waals surface area contributed by atoms with Crippen molar-refractivity contribution in [2.24, 2.45) is 5.41 Å². The molecule has 0 saturated carbocycles. The van der Waals surface area contributed by atoms with Crippen LogP contribution in [0.4, 0.5) is 5.69 Å². The Morgan fingerprint density at radius 3 is 2.17 bits per heavy atom. The smallest absolute Gasteiger partial charge is 0.251 e. The Labute approximate surface area is 246 Å². The van der Waals surface area contributed by atoms with Crippen LogP contribution in [0.25, 0.3) is 0 Å².